The fourth-order valence-electron chi connectivity index (χ4n) is 1.47. The molecule has 0 aliphatic rings. The zero-order chi connectivity index (χ0) is 10.8. The van der Waals surface area contributed by atoms with Gasteiger partial charge >= 0.3 is 0 Å². The lowest BCUT2D eigenvalue weighted by Gasteiger charge is -2.12. The molecule has 5 heteroatoms. The fraction of sp³-hybridized carbons (Fsp3) is 0.200. The average molecular weight is 350 g/mol. The molecular formula is C10H11IN2S2. The molecule has 0 aliphatic carbocycles. The molecule has 0 bridgehead atoms. The van der Waals surface area contributed by atoms with Crippen molar-refractivity contribution < 1.29 is 0 Å². The average Bonchev–Trinajstić information content (AvgIpc) is 2.78. The largest absolute Gasteiger partial charge is 0.271 e. The van der Waals surface area contributed by atoms with E-state index in [0.29, 0.717) is 0 Å². The van der Waals surface area contributed by atoms with Gasteiger partial charge in [0.1, 0.15) is 0 Å². The third-order valence-electron chi connectivity index (χ3n) is 2.17. The predicted octanol–water partition coefficient (Wildman–Crippen LogP) is 3.28. The number of aryl methyl sites for hydroxylation is 1. The van der Waals surface area contributed by atoms with Crippen LogP contribution >= 0.6 is 45.3 Å². The first-order chi connectivity index (χ1) is 7.20. The summed E-state index contributed by atoms with van der Waals surface area (Å²) < 4.78 is 1.29. The van der Waals surface area contributed by atoms with Crippen molar-refractivity contribution >= 4 is 45.3 Å². The zero-order valence-electron chi connectivity index (χ0n) is 8.16. The highest BCUT2D eigenvalue weighted by molar-refractivity contribution is 14.1. The molecule has 0 amide bonds. The summed E-state index contributed by atoms with van der Waals surface area (Å²) in [6.07, 6.45) is 0. The van der Waals surface area contributed by atoms with Crippen molar-refractivity contribution in [3.05, 3.63) is 41.8 Å². The number of hydrogen-bond acceptors (Lipinski definition) is 4. The van der Waals surface area contributed by atoms with E-state index >= 15 is 0 Å². The predicted molar refractivity (Wildman–Crippen MR) is 75.3 cm³/mol. The highest BCUT2D eigenvalue weighted by Gasteiger charge is 2.14. The first kappa shape index (κ1) is 11.5. The lowest BCUT2D eigenvalue weighted by Crippen LogP contribution is -2.28. The SMILES string of the molecule is Cc1cc(C(NN)c2csc(I)c2)cs1. The zero-order valence-corrected chi connectivity index (χ0v) is 11.9. The number of hydrogen-bond donors (Lipinski definition) is 2. The van der Waals surface area contributed by atoms with Crippen LogP contribution in [0.15, 0.2) is 22.9 Å². The van der Waals surface area contributed by atoms with Crippen LogP contribution in [0.3, 0.4) is 0 Å². The number of nitrogens with one attached hydrogen (secondary N) is 1. The van der Waals surface area contributed by atoms with Gasteiger partial charge in [0.25, 0.3) is 0 Å². The third kappa shape index (κ3) is 2.59. The summed E-state index contributed by atoms with van der Waals surface area (Å²) in [6.45, 7) is 2.11. The van der Waals surface area contributed by atoms with Gasteiger partial charge in [0.05, 0.1) is 8.93 Å². The number of nitrogens with two attached hydrogens (primary N) is 1. The summed E-state index contributed by atoms with van der Waals surface area (Å²) >= 11 is 5.83. The highest BCUT2D eigenvalue weighted by atomic mass is 127. The third-order valence-corrected chi connectivity index (χ3v) is 4.86. The standard InChI is InChI=1S/C10H11IN2S2/c1-6-2-7(4-14-6)10(13-12)8-3-9(11)15-5-8/h2-5,10,13H,12H2,1H3. The Kier molecular flexibility index (Phi) is 3.78. The molecule has 0 fully saturated rings. The van der Waals surface area contributed by atoms with Crippen LogP contribution in [0.1, 0.15) is 22.0 Å². The van der Waals surface area contributed by atoms with E-state index < -0.39 is 0 Å². The lowest BCUT2D eigenvalue weighted by atomic mass is 10.1. The monoisotopic (exact) mass is 350 g/mol. The molecule has 2 rings (SSSR count). The normalized spacial score (nSPS) is 13.0. The Labute approximate surface area is 111 Å². The topological polar surface area (TPSA) is 38.0 Å². The molecule has 2 heterocycles. The minimum Gasteiger partial charge on any atom is -0.271 e. The van der Waals surface area contributed by atoms with E-state index in [1.54, 1.807) is 22.7 Å². The molecule has 1 atom stereocenters. The smallest absolute Gasteiger partial charge is 0.0726 e. The van der Waals surface area contributed by atoms with Crippen molar-refractivity contribution in [1.82, 2.24) is 5.43 Å². The summed E-state index contributed by atoms with van der Waals surface area (Å²) in [5, 5.41) is 4.31. The van der Waals surface area contributed by atoms with Gasteiger partial charge in [0, 0.05) is 4.88 Å². The molecule has 2 aromatic heterocycles. The second-order valence-electron chi connectivity index (χ2n) is 3.27. The van der Waals surface area contributed by atoms with Gasteiger partial charge in [-0.2, -0.15) is 0 Å². The summed E-state index contributed by atoms with van der Waals surface area (Å²) in [5.74, 6) is 5.61. The van der Waals surface area contributed by atoms with Gasteiger partial charge < -0.3 is 0 Å². The van der Waals surface area contributed by atoms with Gasteiger partial charge in [-0.15, -0.1) is 22.7 Å². The van der Waals surface area contributed by atoms with E-state index in [1.165, 1.54) is 18.9 Å². The number of hydrazine groups is 1. The van der Waals surface area contributed by atoms with Gasteiger partial charge in [-0.05, 0) is 63.5 Å². The molecular weight excluding hydrogens is 339 g/mol. The van der Waals surface area contributed by atoms with Crippen molar-refractivity contribution in [2.45, 2.75) is 13.0 Å². The molecule has 0 aliphatic heterocycles. The van der Waals surface area contributed by atoms with Crippen LogP contribution in [-0.4, -0.2) is 0 Å². The fourth-order valence-corrected chi connectivity index (χ4v) is 3.60. The lowest BCUT2D eigenvalue weighted by molar-refractivity contribution is 0.640. The minimum atomic E-state index is 0.120. The Balaban J connectivity index is 2.32. The summed E-state index contributed by atoms with van der Waals surface area (Å²) in [5.41, 5.74) is 5.36. The Morgan fingerprint density at radius 1 is 1.27 bits per heavy atom. The van der Waals surface area contributed by atoms with Gasteiger partial charge in [-0.1, -0.05) is 0 Å². The number of rotatable bonds is 3. The van der Waals surface area contributed by atoms with Gasteiger partial charge in [-0.3, -0.25) is 5.84 Å². The van der Waals surface area contributed by atoms with E-state index in [4.69, 9.17) is 5.84 Å². The molecule has 3 N–H and O–H groups in total. The molecule has 80 valence electrons. The molecule has 0 spiro atoms. The summed E-state index contributed by atoms with van der Waals surface area (Å²) in [6, 6.07) is 4.47. The Morgan fingerprint density at radius 2 is 1.93 bits per heavy atom. The van der Waals surface area contributed by atoms with Gasteiger partial charge in [0.15, 0.2) is 0 Å². The maximum atomic E-state index is 5.61. The summed E-state index contributed by atoms with van der Waals surface area (Å²) in [4.78, 5) is 1.31. The Morgan fingerprint density at radius 3 is 2.40 bits per heavy atom. The van der Waals surface area contributed by atoms with Crippen LogP contribution in [-0.2, 0) is 0 Å². The highest BCUT2D eigenvalue weighted by Crippen LogP contribution is 2.29. The molecule has 2 nitrogen and oxygen atoms in total. The van der Waals surface area contributed by atoms with E-state index in [-0.39, 0.29) is 6.04 Å². The molecule has 0 saturated heterocycles. The maximum Gasteiger partial charge on any atom is 0.0726 e. The van der Waals surface area contributed by atoms with Crippen molar-refractivity contribution in [3.63, 3.8) is 0 Å². The second kappa shape index (κ2) is 4.92. The summed E-state index contributed by atoms with van der Waals surface area (Å²) in [7, 11) is 0. The first-order valence-electron chi connectivity index (χ1n) is 4.46. The van der Waals surface area contributed by atoms with Crippen molar-refractivity contribution in [2.24, 2.45) is 5.84 Å². The number of halogens is 1. The number of thiophene rings is 2. The molecule has 15 heavy (non-hydrogen) atoms. The molecule has 0 radical (unpaired) electrons. The van der Waals surface area contributed by atoms with E-state index in [1.807, 2.05) is 0 Å². The van der Waals surface area contributed by atoms with E-state index in [9.17, 15) is 0 Å². The van der Waals surface area contributed by atoms with Crippen LogP contribution in [0.2, 0.25) is 0 Å². The minimum absolute atomic E-state index is 0.120. The van der Waals surface area contributed by atoms with Crippen LogP contribution in [0.4, 0.5) is 0 Å². The van der Waals surface area contributed by atoms with Crippen LogP contribution in [0.5, 0.6) is 0 Å². The van der Waals surface area contributed by atoms with Crippen molar-refractivity contribution in [1.29, 1.82) is 0 Å². The molecule has 1 unspecified atom stereocenters. The van der Waals surface area contributed by atoms with E-state index in [0.717, 1.165) is 0 Å². The molecule has 2 aromatic rings. The Hall–Kier alpha value is 0.0500. The van der Waals surface area contributed by atoms with E-state index in [2.05, 4.69) is 57.8 Å². The first-order valence-corrected chi connectivity index (χ1v) is 7.29. The van der Waals surface area contributed by atoms with Gasteiger partial charge in [0.2, 0.25) is 0 Å². The molecule has 0 saturated carbocycles. The Bertz CT molecular complexity index is 409. The molecule has 0 aromatic carbocycles. The maximum absolute atomic E-state index is 5.61. The van der Waals surface area contributed by atoms with Crippen LogP contribution in [0, 0.1) is 9.81 Å². The van der Waals surface area contributed by atoms with Gasteiger partial charge in [-0.25, -0.2) is 5.43 Å². The van der Waals surface area contributed by atoms with Crippen molar-refractivity contribution in [3.8, 4) is 0 Å². The van der Waals surface area contributed by atoms with Crippen LogP contribution in [0.25, 0.3) is 0 Å². The quantitative estimate of drug-likeness (QED) is 0.507. The second-order valence-corrected chi connectivity index (χ2v) is 7.20. The van der Waals surface area contributed by atoms with Crippen molar-refractivity contribution in [2.75, 3.05) is 0 Å². The van der Waals surface area contributed by atoms with Crippen LogP contribution < -0.4 is 11.3 Å².